The van der Waals surface area contributed by atoms with Crippen molar-refractivity contribution in [3.8, 4) is 11.5 Å². The van der Waals surface area contributed by atoms with Crippen molar-refractivity contribution in [2.75, 3.05) is 24.9 Å². The molecule has 0 fully saturated rings. The molecule has 1 aliphatic rings. The topological polar surface area (TPSA) is 89.8 Å². The summed E-state index contributed by atoms with van der Waals surface area (Å²) in [7, 11) is 3.16. The summed E-state index contributed by atoms with van der Waals surface area (Å²) in [6, 6.07) is 13.1. The Hall–Kier alpha value is -3.81. The maximum absolute atomic E-state index is 12.8. The Kier molecular flexibility index (Phi) is 5.37. The van der Waals surface area contributed by atoms with Crippen LogP contribution in [0.4, 0.5) is 11.6 Å². The number of benzene rings is 2. The van der Waals surface area contributed by atoms with Gasteiger partial charge in [0.05, 0.1) is 14.2 Å². The van der Waals surface area contributed by atoms with Crippen molar-refractivity contribution >= 4 is 17.6 Å². The Bertz CT molecular complexity index is 1230. The van der Waals surface area contributed by atoms with E-state index in [4.69, 9.17) is 14.5 Å². The molecule has 160 valence electrons. The van der Waals surface area contributed by atoms with E-state index in [1.165, 1.54) is 21.8 Å². The second-order valence-electron chi connectivity index (χ2n) is 7.44. The number of ether oxygens (including phenoxy) is 2. The molecule has 8 heteroatoms. The van der Waals surface area contributed by atoms with Gasteiger partial charge in [-0.3, -0.25) is 14.7 Å². The Balaban J connectivity index is 1.81. The average Bonchev–Trinajstić information content (AvgIpc) is 2.74. The Morgan fingerprint density at radius 1 is 0.968 bits per heavy atom. The number of hydrogen-bond acceptors (Lipinski definition) is 7. The third-order valence-electron chi connectivity index (χ3n) is 5.28. The van der Waals surface area contributed by atoms with Crippen LogP contribution in [0.25, 0.3) is 0 Å². The van der Waals surface area contributed by atoms with Crippen LogP contribution < -0.4 is 25.7 Å². The smallest absolute Gasteiger partial charge is 0.257 e. The summed E-state index contributed by atoms with van der Waals surface area (Å²) in [5.74, 6) is 2.09. The second kappa shape index (κ2) is 8.14. The number of hydrogen-bond donors (Lipinski definition) is 2. The third kappa shape index (κ3) is 3.96. The van der Waals surface area contributed by atoms with Crippen molar-refractivity contribution in [2.45, 2.75) is 26.9 Å². The minimum absolute atomic E-state index is 0.191. The highest BCUT2D eigenvalue weighted by Crippen LogP contribution is 2.33. The van der Waals surface area contributed by atoms with Gasteiger partial charge in [0.25, 0.3) is 5.56 Å². The molecule has 1 aromatic heterocycles. The summed E-state index contributed by atoms with van der Waals surface area (Å²) in [5, 5.41) is 6.45. The molecule has 1 atom stereocenters. The van der Waals surface area contributed by atoms with E-state index in [0.29, 0.717) is 29.1 Å². The number of aliphatic imine (C=N–C) groups is 1. The molecule has 0 amide bonds. The second-order valence-corrected chi connectivity index (χ2v) is 7.44. The number of fused-ring (bicyclic) bond motifs is 1. The predicted molar refractivity (Wildman–Crippen MR) is 122 cm³/mol. The summed E-state index contributed by atoms with van der Waals surface area (Å²) in [4.78, 5) is 22.1. The fraction of sp³-hybridized carbons (Fsp3) is 0.261. The molecule has 0 unspecified atom stereocenters. The maximum Gasteiger partial charge on any atom is 0.257 e. The summed E-state index contributed by atoms with van der Waals surface area (Å²) < 4.78 is 12.3. The molecule has 1 aliphatic heterocycles. The highest BCUT2D eigenvalue weighted by molar-refractivity contribution is 6.03. The van der Waals surface area contributed by atoms with Crippen LogP contribution in [0.2, 0.25) is 0 Å². The van der Waals surface area contributed by atoms with E-state index >= 15 is 0 Å². The summed E-state index contributed by atoms with van der Waals surface area (Å²) in [6.07, 6.45) is -0.620. The molecule has 0 saturated heterocycles. The predicted octanol–water partition coefficient (Wildman–Crippen LogP) is 3.63. The normalized spacial score (nSPS) is 14.9. The largest absolute Gasteiger partial charge is 0.493 e. The molecule has 0 aliphatic carbocycles. The van der Waals surface area contributed by atoms with E-state index in [1.807, 2.05) is 24.3 Å². The van der Waals surface area contributed by atoms with Gasteiger partial charge in [-0.2, -0.15) is 0 Å². The lowest BCUT2D eigenvalue weighted by Crippen LogP contribution is -2.37. The standard InChI is InChI=1S/C23H25N5O3/c1-13-6-8-17(10-14(13)2)25-22-26-21(16-7-9-18(30-4)19(12-16)31-5)28-20(29)11-15(3)24-23(28)27-22/h6-12,21H,1-5H3,(H2,24,25,26,27)/t21-/m0/s1. The fourth-order valence-electron chi connectivity index (χ4n) is 3.50. The minimum atomic E-state index is -0.620. The Morgan fingerprint density at radius 2 is 1.74 bits per heavy atom. The molecule has 0 spiro atoms. The van der Waals surface area contributed by atoms with E-state index in [2.05, 4.69) is 35.5 Å². The summed E-state index contributed by atoms with van der Waals surface area (Å²) >= 11 is 0. The monoisotopic (exact) mass is 419 g/mol. The number of aromatic nitrogens is 2. The molecule has 4 rings (SSSR count). The quantitative estimate of drug-likeness (QED) is 0.671. The number of guanidine groups is 1. The number of anilines is 2. The average molecular weight is 419 g/mol. The van der Waals surface area contributed by atoms with Crippen LogP contribution in [0, 0.1) is 20.8 Å². The first kappa shape index (κ1) is 20.5. The van der Waals surface area contributed by atoms with Gasteiger partial charge in [0.2, 0.25) is 11.9 Å². The van der Waals surface area contributed by atoms with Crippen LogP contribution in [0.1, 0.15) is 28.6 Å². The zero-order valence-electron chi connectivity index (χ0n) is 18.2. The number of rotatable bonds is 4. The molecule has 2 aromatic carbocycles. The molecule has 0 saturated carbocycles. The van der Waals surface area contributed by atoms with E-state index in [-0.39, 0.29) is 5.56 Å². The molecule has 8 nitrogen and oxygen atoms in total. The van der Waals surface area contributed by atoms with Crippen molar-refractivity contribution < 1.29 is 9.47 Å². The number of methoxy groups -OCH3 is 2. The highest BCUT2D eigenvalue weighted by atomic mass is 16.5. The van der Waals surface area contributed by atoms with E-state index in [0.717, 1.165) is 11.3 Å². The number of nitrogens with zero attached hydrogens (tertiary/aromatic N) is 3. The van der Waals surface area contributed by atoms with E-state index in [1.54, 1.807) is 27.2 Å². The SMILES string of the molecule is COc1ccc([C@H]2N=C(Nc3ccc(C)c(C)c3)Nc3nc(C)cc(=O)n32)cc1OC. The molecule has 2 heterocycles. The van der Waals surface area contributed by atoms with E-state index in [9.17, 15) is 4.79 Å². The summed E-state index contributed by atoms with van der Waals surface area (Å²) in [5.41, 5.74) is 4.48. The van der Waals surface area contributed by atoms with Crippen molar-refractivity contribution in [1.82, 2.24) is 9.55 Å². The van der Waals surface area contributed by atoms with Crippen LogP contribution in [0.15, 0.2) is 52.3 Å². The lowest BCUT2D eigenvalue weighted by Gasteiger charge is -2.27. The molecular formula is C23H25N5O3. The molecular weight excluding hydrogens is 394 g/mol. The third-order valence-corrected chi connectivity index (χ3v) is 5.28. The van der Waals surface area contributed by atoms with Crippen molar-refractivity contribution in [1.29, 1.82) is 0 Å². The minimum Gasteiger partial charge on any atom is -0.493 e. The number of aryl methyl sites for hydroxylation is 3. The van der Waals surface area contributed by atoms with Crippen LogP contribution in [-0.4, -0.2) is 29.7 Å². The van der Waals surface area contributed by atoms with Gasteiger partial charge in [-0.05, 0) is 56.2 Å². The molecule has 31 heavy (non-hydrogen) atoms. The van der Waals surface area contributed by atoms with Gasteiger partial charge in [0.15, 0.2) is 17.7 Å². The van der Waals surface area contributed by atoms with Gasteiger partial charge < -0.3 is 14.8 Å². The van der Waals surface area contributed by atoms with Crippen molar-refractivity contribution in [3.05, 3.63) is 75.2 Å². The Labute approximate surface area is 180 Å². The zero-order chi connectivity index (χ0) is 22.1. The van der Waals surface area contributed by atoms with Gasteiger partial charge in [0, 0.05) is 23.0 Å². The first-order chi connectivity index (χ1) is 14.9. The van der Waals surface area contributed by atoms with E-state index < -0.39 is 6.17 Å². The maximum atomic E-state index is 12.8. The lowest BCUT2D eigenvalue weighted by molar-refractivity contribution is 0.354. The lowest BCUT2D eigenvalue weighted by atomic mass is 10.1. The van der Waals surface area contributed by atoms with Gasteiger partial charge in [-0.25, -0.2) is 9.98 Å². The van der Waals surface area contributed by atoms with Gasteiger partial charge in [-0.1, -0.05) is 12.1 Å². The molecule has 0 bridgehead atoms. The van der Waals surface area contributed by atoms with Crippen LogP contribution in [0.5, 0.6) is 11.5 Å². The van der Waals surface area contributed by atoms with Crippen LogP contribution in [-0.2, 0) is 0 Å². The molecule has 2 N–H and O–H groups in total. The van der Waals surface area contributed by atoms with Gasteiger partial charge >= 0.3 is 0 Å². The Morgan fingerprint density at radius 3 is 2.45 bits per heavy atom. The fourth-order valence-corrected chi connectivity index (χ4v) is 3.50. The highest BCUT2D eigenvalue weighted by Gasteiger charge is 2.26. The first-order valence-corrected chi connectivity index (χ1v) is 9.91. The van der Waals surface area contributed by atoms with Crippen molar-refractivity contribution in [2.24, 2.45) is 4.99 Å². The number of nitrogens with one attached hydrogen (secondary N) is 2. The van der Waals surface area contributed by atoms with Crippen LogP contribution in [0.3, 0.4) is 0 Å². The zero-order valence-corrected chi connectivity index (χ0v) is 18.2. The first-order valence-electron chi connectivity index (χ1n) is 9.91. The van der Waals surface area contributed by atoms with Gasteiger partial charge in [0.1, 0.15) is 0 Å². The van der Waals surface area contributed by atoms with Crippen LogP contribution >= 0.6 is 0 Å². The van der Waals surface area contributed by atoms with Gasteiger partial charge in [-0.15, -0.1) is 0 Å². The van der Waals surface area contributed by atoms with Crippen molar-refractivity contribution in [3.63, 3.8) is 0 Å². The summed E-state index contributed by atoms with van der Waals surface area (Å²) in [6.45, 7) is 5.91. The molecule has 3 aromatic rings. The molecule has 0 radical (unpaired) electrons.